The Morgan fingerprint density at radius 1 is 1.14 bits per heavy atom. The summed E-state index contributed by atoms with van der Waals surface area (Å²) in [6, 6.07) is 8.27. The Morgan fingerprint density at radius 3 is 2.33 bits per heavy atom. The number of nitrogens with zero attached hydrogens (tertiary/aromatic N) is 1. The van der Waals surface area contributed by atoms with Crippen LogP contribution in [0.4, 0.5) is 0 Å². The van der Waals surface area contributed by atoms with Gasteiger partial charge in [-0.05, 0) is 50.5 Å². The van der Waals surface area contributed by atoms with E-state index in [1.807, 2.05) is 19.1 Å². The molecule has 0 aromatic heterocycles. The molecule has 3 rings (SSSR count). The molecule has 3 nitrogen and oxygen atoms in total. The normalized spacial score (nSPS) is 19.8. The van der Waals surface area contributed by atoms with Gasteiger partial charge in [0.25, 0.3) is 0 Å². The summed E-state index contributed by atoms with van der Waals surface area (Å²) in [5.41, 5.74) is 7.65. The molecule has 2 fully saturated rings. The van der Waals surface area contributed by atoms with Crippen molar-refractivity contribution >= 4 is 0 Å². The summed E-state index contributed by atoms with van der Waals surface area (Å²) in [5, 5.41) is 0. The molecule has 116 valence electrons. The van der Waals surface area contributed by atoms with Crippen LogP contribution in [-0.2, 0) is 0 Å². The van der Waals surface area contributed by atoms with Crippen molar-refractivity contribution in [1.29, 1.82) is 0 Å². The first kappa shape index (κ1) is 14.9. The zero-order valence-corrected chi connectivity index (χ0v) is 13.1. The second kappa shape index (κ2) is 6.80. The van der Waals surface area contributed by atoms with E-state index in [1.165, 1.54) is 38.8 Å². The lowest BCUT2D eigenvalue weighted by Crippen LogP contribution is -2.35. The quantitative estimate of drug-likeness (QED) is 0.758. The van der Waals surface area contributed by atoms with Gasteiger partial charge >= 0.3 is 0 Å². The van der Waals surface area contributed by atoms with Gasteiger partial charge in [0.1, 0.15) is 5.75 Å². The molecule has 2 aliphatic carbocycles. The SMILES string of the molecule is CCOc1ccccc1C(N)CN(CC1CC1)CC1CC1. The van der Waals surface area contributed by atoms with Crippen molar-refractivity contribution < 1.29 is 4.74 Å². The number of hydrogen-bond acceptors (Lipinski definition) is 3. The molecule has 0 saturated heterocycles. The number of hydrogen-bond donors (Lipinski definition) is 1. The van der Waals surface area contributed by atoms with Gasteiger partial charge in [0.15, 0.2) is 0 Å². The molecule has 0 bridgehead atoms. The fourth-order valence-corrected chi connectivity index (χ4v) is 3.01. The monoisotopic (exact) mass is 288 g/mol. The largest absolute Gasteiger partial charge is 0.494 e. The van der Waals surface area contributed by atoms with Crippen molar-refractivity contribution in [2.75, 3.05) is 26.2 Å². The highest BCUT2D eigenvalue weighted by Gasteiger charge is 2.30. The number of benzene rings is 1. The highest BCUT2D eigenvalue weighted by atomic mass is 16.5. The van der Waals surface area contributed by atoms with E-state index in [2.05, 4.69) is 17.0 Å². The molecule has 1 aromatic carbocycles. The maximum absolute atomic E-state index is 6.50. The van der Waals surface area contributed by atoms with Crippen molar-refractivity contribution in [3.8, 4) is 5.75 Å². The Morgan fingerprint density at radius 2 is 1.76 bits per heavy atom. The Bertz CT molecular complexity index is 440. The lowest BCUT2D eigenvalue weighted by molar-refractivity contribution is 0.235. The van der Waals surface area contributed by atoms with E-state index in [-0.39, 0.29) is 6.04 Å². The molecule has 1 atom stereocenters. The van der Waals surface area contributed by atoms with Crippen molar-refractivity contribution in [1.82, 2.24) is 4.90 Å². The second-order valence-electron chi connectivity index (χ2n) is 6.68. The van der Waals surface area contributed by atoms with Crippen LogP contribution < -0.4 is 10.5 Å². The molecule has 0 aliphatic heterocycles. The summed E-state index contributed by atoms with van der Waals surface area (Å²) in [6.07, 6.45) is 5.63. The topological polar surface area (TPSA) is 38.5 Å². The molecule has 0 spiro atoms. The lowest BCUT2D eigenvalue weighted by atomic mass is 10.1. The Hall–Kier alpha value is -1.06. The molecule has 1 unspecified atom stereocenters. The van der Waals surface area contributed by atoms with Gasteiger partial charge < -0.3 is 15.4 Å². The Balaban J connectivity index is 1.63. The van der Waals surface area contributed by atoms with Crippen LogP contribution in [0.5, 0.6) is 5.75 Å². The highest BCUT2D eigenvalue weighted by Crippen LogP contribution is 2.34. The van der Waals surface area contributed by atoms with E-state index >= 15 is 0 Å². The summed E-state index contributed by atoms with van der Waals surface area (Å²) in [7, 11) is 0. The summed E-state index contributed by atoms with van der Waals surface area (Å²) in [6.45, 7) is 6.14. The number of rotatable bonds is 9. The molecule has 2 N–H and O–H groups in total. The van der Waals surface area contributed by atoms with Crippen LogP contribution in [0.2, 0.25) is 0 Å². The molecule has 2 aliphatic rings. The number of ether oxygens (including phenoxy) is 1. The van der Waals surface area contributed by atoms with Gasteiger partial charge in [-0.1, -0.05) is 18.2 Å². The highest BCUT2D eigenvalue weighted by molar-refractivity contribution is 5.36. The van der Waals surface area contributed by atoms with Crippen LogP contribution in [0.1, 0.15) is 44.2 Å². The van der Waals surface area contributed by atoms with Crippen molar-refractivity contribution in [3.05, 3.63) is 29.8 Å². The van der Waals surface area contributed by atoms with Crippen molar-refractivity contribution in [2.45, 2.75) is 38.6 Å². The van der Waals surface area contributed by atoms with Crippen LogP contribution in [0, 0.1) is 11.8 Å². The molecule has 1 aromatic rings. The predicted molar refractivity (Wildman–Crippen MR) is 86.4 cm³/mol. The molecule has 0 amide bonds. The fraction of sp³-hybridized carbons (Fsp3) is 0.667. The average Bonchev–Trinajstić information content (AvgIpc) is 3.36. The molecule has 2 saturated carbocycles. The smallest absolute Gasteiger partial charge is 0.124 e. The van der Waals surface area contributed by atoms with E-state index in [4.69, 9.17) is 10.5 Å². The lowest BCUT2D eigenvalue weighted by Gasteiger charge is -2.26. The van der Waals surface area contributed by atoms with E-state index in [9.17, 15) is 0 Å². The van der Waals surface area contributed by atoms with E-state index in [0.717, 1.165) is 29.7 Å². The van der Waals surface area contributed by atoms with Gasteiger partial charge in [-0.2, -0.15) is 0 Å². The Kier molecular flexibility index (Phi) is 4.81. The molecule has 3 heteroatoms. The summed E-state index contributed by atoms with van der Waals surface area (Å²) in [4.78, 5) is 2.60. The standard InChI is InChI=1S/C18H28N2O/c1-2-21-18-6-4-3-5-16(18)17(19)13-20(11-14-7-8-14)12-15-9-10-15/h3-6,14-15,17H,2,7-13,19H2,1H3. The van der Waals surface area contributed by atoms with Crippen molar-refractivity contribution in [3.63, 3.8) is 0 Å². The van der Waals surface area contributed by atoms with Crippen LogP contribution in [0.15, 0.2) is 24.3 Å². The minimum Gasteiger partial charge on any atom is -0.494 e. The first-order chi connectivity index (χ1) is 10.3. The van der Waals surface area contributed by atoms with Gasteiger partial charge in [0.05, 0.1) is 6.61 Å². The Labute approximate surface area is 128 Å². The second-order valence-corrected chi connectivity index (χ2v) is 6.68. The zero-order valence-electron chi connectivity index (χ0n) is 13.1. The number of para-hydroxylation sites is 1. The van der Waals surface area contributed by atoms with Gasteiger partial charge in [-0.3, -0.25) is 0 Å². The molecule has 0 radical (unpaired) electrons. The summed E-state index contributed by atoms with van der Waals surface area (Å²) < 4.78 is 5.73. The van der Waals surface area contributed by atoms with E-state index in [0.29, 0.717) is 6.61 Å². The van der Waals surface area contributed by atoms with Crippen molar-refractivity contribution in [2.24, 2.45) is 17.6 Å². The minimum absolute atomic E-state index is 0.0465. The predicted octanol–water partition coefficient (Wildman–Crippen LogP) is 3.21. The molecular weight excluding hydrogens is 260 g/mol. The molecule has 21 heavy (non-hydrogen) atoms. The van der Waals surface area contributed by atoms with Gasteiger partial charge in [0.2, 0.25) is 0 Å². The fourth-order valence-electron chi connectivity index (χ4n) is 3.01. The summed E-state index contributed by atoms with van der Waals surface area (Å²) in [5.74, 6) is 2.81. The first-order valence-electron chi connectivity index (χ1n) is 8.46. The zero-order chi connectivity index (χ0) is 14.7. The molecule has 0 heterocycles. The van der Waals surface area contributed by atoms with Crippen LogP contribution in [0.3, 0.4) is 0 Å². The molecular formula is C18H28N2O. The van der Waals surface area contributed by atoms with Gasteiger partial charge in [-0.15, -0.1) is 0 Å². The average molecular weight is 288 g/mol. The maximum atomic E-state index is 6.50. The van der Waals surface area contributed by atoms with Crippen LogP contribution >= 0.6 is 0 Å². The van der Waals surface area contributed by atoms with E-state index < -0.39 is 0 Å². The number of nitrogens with two attached hydrogens (primary N) is 1. The first-order valence-corrected chi connectivity index (χ1v) is 8.46. The maximum Gasteiger partial charge on any atom is 0.124 e. The van der Waals surface area contributed by atoms with Gasteiger partial charge in [-0.25, -0.2) is 0 Å². The van der Waals surface area contributed by atoms with Gasteiger partial charge in [0, 0.05) is 31.2 Å². The summed E-state index contributed by atoms with van der Waals surface area (Å²) >= 11 is 0. The third-order valence-corrected chi connectivity index (χ3v) is 4.50. The minimum atomic E-state index is 0.0465. The van der Waals surface area contributed by atoms with Crippen LogP contribution in [-0.4, -0.2) is 31.1 Å². The van der Waals surface area contributed by atoms with E-state index in [1.54, 1.807) is 0 Å². The van der Waals surface area contributed by atoms with Crippen LogP contribution in [0.25, 0.3) is 0 Å². The third kappa shape index (κ3) is 4.45. The third-order valence-electron chi connectivity index (χ3n) is 4.50.